The minimum atomic E-state index is -1.34. The summed E-state index contributed by atoms with van der Waals surface area (Å²) in [6.07, 6.45) is 0. The number of aromatic carboxylic acids is 2. The lowest BCUT2D eigenvalue weighted by Gasteiger charge is -2.21. The Hall–Kier alpha value is -3.00. The molecule has 12 nitrogen and oxygen atoms in total. The molecule has 36 heavy (non-hydrogen) atoms. The number of carboxylic acids is 2. The molecule has 0 aromatic carbocycles. The predicted octanol–water partition coefficient (Wildman–Crippen LogP) is -1.14. The van der Waals surface area contributed by atoms with Crippen molar-refractivity contribution in [1.29, 1.82) is 0 Å². The number of hydrogen-bond donors (Lipinski definition) is 3. The molecular weight excluding hydrogens is 472 g/mol. The van der Waals surface area contributed by atoms with Gasteiger partial charge in [-0.1, -0.05) is 12.1 Å². The average Bonchev–Trinajstić information content (AvgIpc) is 2.86. The number of carboxylic acid groups (broad SMARTS) is 2. The SMILES string of the molecule is O=C([O-])c1cccc(CN(CCO)CCOCCOCCN(CCO)Cc2cccc(C(=O)O)n2)n1. The molecule has 0 saturated carbocycles. The third-order valence-corrected chi connectivity index (χ3v) is 5.12. The fourth-order valence-electron chi connectivity index (χ4n) is 3.36. The molecule has 12 heteroatoms. The van der Waals surface area contributed by atoms with E-state index >= 15 is 0 Å². The molecule has 0 bridgehead atoms. The van der Waals surface area contributed by atoms with Crippen molar-refractivity contribution in [3.8, 4) is 0 Å². The maximum atomic E-state index is 11.1. The summed E-state index contributed by atoms with van der Waals surface area (Å²) in [4.78, 5) is 34.0. The van der Waals surface area contributed by atoms with Gasteiger partial charge in [0.25, 0.3) is 0 Å². The third kappa shape index (κ3) is 11.2. The fourth-order valence-corrected chi connectivity index (χ4v) is 3.36. The smallest absolute Gasteiger partial charge is 0.354 e. The van der Waals surface area contributed by atoms with Gasteiger partial charge in [0.1, 0.15) is 5.69 Å². The van der Waals surface area contributed by atoms with Crippen LogP contribution in [0, 0.1) is 0 Å². The summed E-state index contributed by atoms with van der Waals surface area (Å²) in [5, 5.41) is 38.6. The molecule has 2 aromatic rings. The standard InChI is InChI=1S/C24H34N4O8/c29-11-7-27(17-19-3-1-5-21(25-19)23(31)32)9-13-35-15-16-36-14-10-28(8-12-30)18-20-4-2-6-22(26-20)24(33)34/h1-6,29-30H,7-18H2,(H,31,32)(H,33,34)/p-1. The highest BCUT2D eigenvalue weighted by Gasteiger charge is 2.10. The zero-order valence-electron chi connectivity index (χ0n) is 20.1. The molecule has 0 aliphatic rings. The molecule has 3 N–H and O–H groups in total. The van der Waals surface area contributed by atoms with Gasteiger partial charge < -0.3 is 34.7 Å². The van der Waals surface area contributed by atoms with Gasteiger partial charge in [0, 0.05) is 39.3 Å². The Bertz CT molecular complexity index is 870. The van der Waals surface area contributed by atoms with E-state index in [-0.39, 0.29) is 24.6 Å². The van der Waals surface area contributed by atoms with Crippen LogP contribution in [0.2, 0.25) is 0 Å². The van der Waals surface area contributed by atoms with Crippen LogP contribution in [0.5, 0.6) is 0 Å². The molecule has 0 fully saturated rings. The van der Waals surface area contributed by atoms with E-state index in [2.05, 4.69) is 9.97 Å². The van der Waals surface area contributed by atoms with Gasteiger partial charge in [-0.25, -0.2) is 9.78 Å². The number of nitrogens with zero attached hydrogens (tertiary/aromatic N) is 4. The summed E-state index contributed by atoms with van der Waals surface area (Å²) in [6.45, 7) is 4.04. The minimum absolute atomic E-state index is 0.0234. The van der Waals surface area contributed by atoms with Crippen molar-refractivity contribution in [3.05, 3.63) is 59.2 Å². The van der Waals surface area contributed by atoms with Gasteiger partial charge in [0.15, 0.2) is 0 Å². The van der Waals surface area contributed by atoms with Crippen LogP contribution in [0.4, 0.5) is 0 Å². The van der Waals surface area contributed by atoms with E-state index in [1.807, 2.05) is 9.80 Å². The van der Waals surface area contributed by atoms with Crippen molar-refractivity contribution < 1.29 is 39.5 Å². The van der Waals surface area contributed by atoms with Gasteiger partial charge in [0.2, 0.25) is 0 Å². The highest BCUT2D eigenvalue weighted by atomic mass is 16.5. The van der Waals surface area contributed by atoms with E-state index in [1.54, 1.807) is 24.3 Å². The van der Waals surface area contributed by atoms with E-state index in [1.165, 1.54) is 12.1 Å². The number of aromatic nitrogens is 2. The van der Waals surface area contributed by atoms with Crippen molar-refractivity contribution in [3.63, 3.8) is 0 Å². The van der Waals surface area contributed by atoms with Crippen LogP contribution < -0.4 is 5.11 Å². The summed E-state index contributed by atoms with van der Waals surface area (Å²) in [5.74, 6) is -2.42. The van der Waals surface area contributed by atoms with Crippen molar-refractivity contribution in [2.45, 2.75) is 13.1 Å². The van der Waals surface area contributed by atoms with Crippen molar-refractivity contribution in [1.82, 2.24) is 19.8 Å². The molecule has 0 radical (unpaired) electrons. The zero-order chi connectivity index (χ0) is 26.2. The van der Waals surface area contributed by atoms with Crippen molar-refractivity contribution >= 4 is 11.9 Å². The van der Waals surface area contributed by atoms with Gasteiger partial charge in [-0.3, -0.25) is 14.8 Å². The lowest BCUT2D eigenvalue weighted by atomic mass is 10.3. The maximum absolute atomic E-state index is 11.1. The molecule has 0 atom stereocenters. The molecule has 2 rings (SSSR count). The molecule has 0 saturated heterocycles. The van der Waals surface area contributed by atoms with Crippen LogP contribution in [0.1, 0.15) is 32.4 Å². The first-order valence-corrected chi connectivity index (χ1v) is 11.6. The van der Waals surface area contributed by atoms with Crippen LogP contribution in [0.25, 0.3) is 0 Å². The number of rotatable bonds is 19. The van der Waals surface area contributed by atoms with Crippen LogP contribution in [0.3, 0.4) is 0 Å². The van der Waals surface area contributed by atoms with Crippen LogP contribution in [-0.4, -0.2) is 113 Å². The number of carbonyl (C=O) groups is 2. The molecule has 0 aliphatic heterocycles. The van der Waals surface area contributed by atoms with Gasteiger partial charge in [0.05, 0.1) is 62.7 Å². The van der Waals surface area contributed by atoms with Crippen molar-refractivity contribution in [2.24, 2.45) is 0 Å². The Morgan fingerprint density at radius 3 is 1.67 bits per heavy atom. The maximum Gasteiger partial charge on any atom is 0.354 e. The number of ether oxygens (including phenoxy) is 2. The summed E-state index contributed by atoms with van der Waals surface area (Å²) < 4.78 is 11.2. The fraction of sp³-hybridized carbons (Fsp3) is 0.500. The Balaban J connectivity index is 1.65. The monoisotopic (exact) mass is 505 g/mol. The summed E-state index contributed by atoms with van der Waals surface area (Å²) in [6, 6.07) is 9.49. The molecule has 0 unspecified atom stereocenters. The highest BCUT2D eigenvalue weighted by molar-refractivity contribution is 5.85. The zero-order valence-corrected chi connectivity index (χ0v) is 20.1. The van der Waals surface area contributed by atoms with E-state index in [4.69, 9.17) is 14.6 Å². The quantitative estimate of drug-likeness (QED) is 0.197. The number of aliphatic hydroxyl groups excluding tert-OH is 2. The second-order valence-electron chi connectivity index (χ2n) is 7.85. The minimum Gasteiger partial charge on any atom is -0.543 e. The number of hydrogen-bond acceptors (Lipinski definition) is 11. The van der Waals surface area contributed by atoms with Crippen LogP contribution in [0.15, 0.2) is 36.4 Å². The number of carbonyl (C=O) groups excluding carboxylic acids is 1. The molecule has 198 valence electrons. The topological polar surface area (TPSA) is 169 Å². The molecule has 2 heterocycles. The second-order valence-corrected chi connectivity index (χ2v) is 7.85. The average molecular weight is 506 g/mol. The van der Waals surface area contributed by atoms with E-state index in [9.17, 15) is 24.9 Å². The number of pyridine rings is 2. The molecule has 0 spiro atoms. The predicted molar refractivity (Wildman–Crippen MR) is 126 cm³/mol. The molecule has 2 aromatic heterocycles. The molecule has 0 amide bonds. The van der Waals surface area contributed by atoms with Crippen LogP contribution in [-0.2, 0) is 22.6 Å². The Kier molecular flexibility index (Phi) is 13.5. The first kappa shape index (κ1) is 29.2. The lowest BCUT2D eigenvalue weighted by Crippen LogP contribution is -2.32. The third-order valence-electron chi connectivity index (χ3n) is 5.12. The Morgan fingerprint density at radius 2 is 1.22 bits per heavy atom. The summed E-state index contributed by atoms with van der Waals surface area (Å²) in [5.41, 5.74) is 1.00. The summed E-state index contributed by atoms with van der Waals surface area (Å²) in [7, 11) is 0. The van der Waals surface area contributed by atoms with Gasteiger partial charge >= 0.3 is 5.97 Å². The van der Waals surface area contributed by atoms with E-state index < -0.39 is 11.9 Å². The van der Waals surface area contributed by atoms with Crippen LogP contribution >= 0.6 is 0 Å². The van der Waals surface area contributed by atoms with Gasteiger partial charge in [-0.15, -0.1) is 0 Å². The summed E-state index contributed by atoms with van der Waals surface area (Å²) >= 11 is 0. The molecular formula is C24H33N4O8-. The van der Waals surface area contributed by atoms with Gasteiger partial charge in [-0.05, 0) is 24.3 Å². The first-order chi connectivity index (χ1) is 17.4. The largest absolute Gasteiger partial charge is 0.543 e. The second kappa shape index (κ2) is 16.6. The Morgan fingerprint density at radius 1 is 0.750 bits per heavy atom. The van der Waals surface area contributed by atoms with Crippen molar-refractivity contribution in [2.75, 3.05) is 65.8 Å². The Labute approximate surface area is 209 Å². The highest BCUT2D eigenvalue weighted by Crippen LogP contribution is 2.05. The lowest BCUT2D eigenvalue weighted by molar-refractivity contribution is -0.255. The normalized spacial score (nSPS) is 11.3. The number of aliphatic hydroxyl groups is 2. The first-order valence-electron chi connectivity index (χ1n) is 11.6. The van der Waals surface area contributed by atoms with E-state index in [0.29, 0.717) is 77.1 Å². The van der Waals surface area contributed by atoms with Gasteiger partial charge in [-0.2, -0.15) is 0 Å². The van der Waals surface area contributed by atoms with E-state index in [0.717, 1.165) is 0 Å². The molecule has 0 aliphatic carbocycles.